The standard InChI is InChI=1S/C10H14F4N2O3S/c1-16(2)9-15-3-4(17)5(18)6(19-8(3)20-9)7(11)10(12,13)14/h3-8,17-18H,1-2H3/t3?,4?,5?,6?,7-,8?/m0/s1. The van der Waals surface area contributed by atoms with Crippen LogP contribution in [0, 0.1) is 0 Å². The quantitative estimate of drug-likeness (QED) is 0.684. The Morgan fingerprint density at radius 2 is 1.90 bits per heavy atom. The van der Waals surface area contributed by atoms with Crippen LogP contribution in [0.1, 0.15) is 0 Å². The topological polar surface area (TPSA) is 65.3 Å². The van der Waals surface area contributed by atoms with Crippen LogP contribution in [-0.4, -0.2) is 76.5 Å². The van der Waals surface area contributed by atoms with E-state index in [1.807, 2.05) is 0 Å². The monoisotopic (exact) mass is 318 g/mol. The zero-order chi connectivity index (χ0) is 15.2. The fourth-order valence-corrected chi connectivity index (χ4v) is 3.17. The van der Waals surface area contributed by atoms with Gasteiger partial charge in [0.2, 0.25) is 6.17 Å². The Hall–Kier alpha value is -0.580. The number of amidine groups is 1. The van der Waals surface area contributed by atoms with Crippen molar-refractivity contribution >= 4 is 16.9 Å². The van der Waals surface area contributed by atoms with Crippen LogP contribution in [0.25, 0.3) is 0 Å². The van der Waals surface area contributed by atoms with Crippen LogP contribution in [0.3, 0.4) is 0 Å². The highest BCUT2D eigenvalue weighted by atomic mass is 32.2. The molecule has 2 heterocycles. The van der Waals surface area contributed by atoms with Crippen molar-refractivity contribution < 1.29 is 32.5 Å². The first kappa shape index (κ1) is 15.8. The summed E-state index contributed by atoms with van der Waals surface area (Å²) in [4.78, 5) is 5.66. The average molecular weight is 318 g/mol. The molecule has 0 radical (unpaired) electrons. The van der Waals surface area contributed by atoms with Crippen LogP contribution in [0.15, 0.2) is 4.99 Å². The van der Waals surface area contributed by atoms with Crippen LogP contribution < -0.4 is 0 Å². The highest BCUT2D eigenvalue weighted by Crippen LogP contribution is 2.40. The summed E-state index contributed by atoms with van der Waals surface area (Å²) in [5.74, 6) is 0. The number of fused-ring (bicyclic) bond motifs is 1. The van der Waals surface area contributed by atoms with Crippen molar-refractivity contribution in [3.05, 3.63) is 0 Å². The van der Waals surface area contributed by atoms with Gasteiger partial charge in [0.25, 0.3) is 0 Å². The summed E-state index contributed by atoms with van der Waals surface area (Å²) in [6.07, 6.45) is -14.3. The SMILES string of the molecule is CN(C)C1=NC2C(OC([C@H](F)C(F)(F)F)C(O)C2O)S1. The van der Waals surface area contributed by atoms with Crippen molar-refractivity contribution in [3.63, 3.8) is 0 Å². The predicted molar refractivity (Wildman–Crippen MR) is 64.1 cm³/mol. The Morgan fingerprint density at radius 3 is 2.40 bits per heavy atom. The van der Waals surface area contributed by atoms with Gasteiger partial charge < -0.3 is 19.8 Å². The summed E-state index contributed by atoms with van der Waals surface area (Å²) in [6.45, 7) is 0. The van der Waals surface area contributed by atoms with Gasteiger partial charge in [-0.2, -0.15) is 13.2 Å². The van der Waals surface area contributed by atoms with E-state index in [1.54, 1.807) is 19.0 Å². The lowest BCUT2D eigenvalue weighted by molar-refractivity contribution is -0.251. The molecule has 2 aliphatic rings. The molecule has 1 saturated heterocycles. The molecule has 6 atom stereocenters. The van der Waals surface area contributed by atoms with E-state index in [0.717, 1.165) is 11.8 Å². The number of hydrogen-bond acceptors (Lipinski definition) is 6. The number of thioether (sulfide) groups is 1. The van der Waals surface area contributed by atoms with Gasteiger partial charge in [0.1, 0.15) is 29.8 Å². The molecule has 2 N–H and O–H groups in total. The molecule has 0 aliphatic carbocycles. The second-order valence-corrected chi connectivity index (χ2v) is 5.87. The third-order valence-electron chi connectivity index (χ3n) is 3.07. The van der Waals surface area contributed by atoms with Crippen molar-refractivity contribution in [2.45, 2.75) is 42.1 Å². The molecule has 0 aromatic carbocycles. The molecule has 5 nitrogen and oxygen atoms in total. The first-order valence-electron chi connectivity index (χ1n) is 5.77. The highest BCUT2D eigenvalue weighted by Gasteiger charge is 2.57. The lowest BCUT2D eigenvalue weighted by Gasteiger charge is -2.39. The average Bonchev–Trinajstić information content (AvgIpc) is 2.76. The molecule has 0 saturated carbocycles. The first-order chi connectivity index (χ1) is 9.12. The van der Waals surface area contributed by atoms with E-state index in [9.17, 15) is 27.8 Å². The van der Waals surface area contributed by atoms with Crippen molar-refractivity contribution in [2.75, 3.05) is 14.1 Å². The summed E-state index contributed by atoms with van der Waals surface area (Å²) in [6, 6.07) is -0.913. The molecule has 0 bridgehead atoms. The summed E-state index contributed by atoms with van der Waals surface area (Å²) in [5.41, 5.74) is -0.948. The molecule has 5 unspecified atom stereocenters. The normalized spacial score (nSPS) is 39.2. The van der Waals surface area contributed by atoms with Gasteiger partial charge in [-0.25, -0.2) is 4.39 Å². The van der Waals surface area contributed by atoms with E-state index in [0.29, 0.717) is 5.17 Å². The lowest BCUT2D eigenvalue weighted by atomic mass is 9.95. The largest absolute Gasteiger partial charge is 0.422 e. The molecule has 10 heteroatoms. The molecule has 116 valence electrons. The second kappa shape index (κ2) is 5.32. The number of aliphatic hydroxyl groups excluding tert-OH is 2. The van der Waals surface area contributed by atoms with Crippen LogP contribution in [0.5, 0.6) is 0 Å². The zero-order valence-electron chi connectivity index (χ0n) is 10.6. The second-order valence-electron chi connectivity index (χ2n) is 4.81. The Labute approximate surface area is 116 Å². The number of nitrogens with zero attached hydrogens (tertiary/aromatic N) is 2. The zero-order valence-corrected chi connectivity index (χ0v) is 11.4. The minimum absolute atomic E-state index is 0.439. The lowest BCUT2D eigenvalue weighted by Crippen LogP contribution is -2.59. The van der Waals surface area contributed by atoms with Gasteiger partial charge in [-0.3, -0.25) is 4.99 Å². The molecular formula is C10H14F4N2O3S. The fourth-order valence-electron chi connectivity index (χ4n) is 2.02. The van der Waals surface area contributed by atoms with E-state index in [4.69, 9.17) is 4.74 Å². The number of rotatable bonds is 1. The third-order valence-corrected chi connectivity index (χ3v) is 4.37. The molecule has 1 fully saturated rings. The van der Waals surface area contributed by atoms with Crippen molar-refractivity contribution in [1.29, 1.82) is 0 Å². The maximum absolute atomic E-state index is 13.4. The molecule has 0 spiro atoms. The summed E-state index contributed by atoms with van der Waals surface area (Å²) in [5, 5.41) is 19.9. The maximum atomic E-state index is 13.4. The van der Waals surface area contributed by atoms with Gasteiger partial charge in [0, 0.05) is 14.1 Å². The van der Waals surface area contributed by atoms with E-state index < -0.39 is 42.1 Å². The van der Waals surface area contributed by atoms with Gasteiger partial charge in [-0.15, -0.1) is 0 Å². The summed E-state index contributed by atoms with van der Waals surface area (Å²) in [7, 11) is 3.33. The van der Waals surface area contributed by atoms with Gasteiger partial charge in [-0.1, -0.05) is 11.8 Å². The molecule has 0 aromatic rings. The number of aliphatic imine (C=N–C) groups is 1. The molecular weight excluding hydrogens is 304 g/mol. The molecule has 20 heavy (non-hydrogen) atoms. The van der Waals surface area contributed by atoms with E-state index >= 15 is 0 Å². The van der Waals surface area contributed by atoms with Crippen molar-refractivity contribution in [3.8, 4) is 0 Å². The minimum atomic E-state index is -5.16. The van der Waals surface area contributed by atoms with Gasteiger partial charge in [0.15, 0.2) is 5.17 Å². The first-order valence-corrected chi connectivity index (χ1v) is 6.65. The Kier molecular flexibility index (Phi) is 4.20. The van der Waals surface area contributed by atoms with Crippen LogP contribution >= 0.6 is 11.8 Å². The molecule has 0 aromatic heterocycles. The predicted octanol–water partition coefficient (Wildman–Crippen LogP) is 0.366. The number of halogens is 4. The third kappa shape index (κ3) is 2.74. The van der Waals surface area contributed by atoms with E-state index in [2.05, 4.69) is 4.99 Å². The minimum Gasteiger partial charge on any atom is -0.388 e. The number of aliphatic hydroxyl groups is 2. The van der Waals surface area contributed by atoms with Crippen LogP contribution in [0.2, 0.25) is 0 Å². The maximum Gasteiger partial charge on any atom is 0.422 e. The van der Waals surface area contributed by atoms with E-state index in [1.165, 1.54) is 0 Å². The van der Waals surface area contributed by atoms with Crippen molar-refractivity contribution in [1.82, 2.24) is 4.90 Å². The Morgan fingerprint density at radius 1 is 1.30 bits per heavy atom. The number of ether oxygens (including phenoxy) is 1. The Bertz CT molecular complexity index is 406. The smallest absolute Gasteiger partial charge is 0.388 e. The fraction of sp³-hybridized carbons (Fsp3) is 0.900. The van der Waals surface area contributed by atoms with Gasteiger partial charge >= 0.3 is 6.18 Å². The Balaban J connectivity index is 2.17. The van der Waals surface area contributed by atoms with Gasteiger partial charge in [0.05, 0.1) is 0 Å². The van der Waals surface area contributed by atoms with Gasteiger partial charge in [-0.05, 0) is 0 Å². The highest BCUT2D eigenvalue weighted by molar-refractivity contribution is 8.14. The number of hydrogen-bond donors (Lipinski definition) is 2. The van der Waals surface area contributed by atoms with Crippen molar-refractivity contribution in [2.24, 2.45) is 4.99 Å². The summed E-state index contributed by atoms with van der Waals surface area (Å²) >= 11 is 0.989. The summed E-state index contributed by atoms with van der Waals surface area (Å²) < 4.78 is 55.5. The number of alkyl halides is 4. The van der Waals surface area contributed by atoms with Crippen LogP contribution in [-0.2, 0) is 4.74 Å². The molecule has 2 rings (SSSR count). The van der Waals surface area contributed by atoms with Crippen LogP contribution in [0.4, 0.5) is 17.6 Å². The molecule has 0 amide bonds. The molecule has 2 aliphatic heterocycles. The van der Waals surface area contributed by atoms with E-state index in [-0.39, 0.29) is 0 Å².